The minimum Gasteiger partial charge on any atom is -0.491 e. The monoisotopic (exact) mass is 432 g/mol. The predicted octanol–water partition coefficient (Wildman–Crippen LogP) is 2.08. The molecule has 0 N–H and O–H groups in total. The van der Waals surface area contributed by atoms with Crippen LogP contribution in [0.1, 0.15) is 46.9 Å². The largest absolute Gasteiger partial charge is 0.491 e. The lowest BCUT2D eigenvalue weighted by molar-refractivity contribution is 0.0644. The molecule has 30 heavy (non-hydrogen) atoms. The molecular weight excluding hydrogens is 404 g/mol. The molecule has 2 aromatic rings. The number of hydrogen-bond donors (Lipinski definition) is 0. The molecule has 1 aromatic heterocycles. The fourth-order valence-electron chi connectivity index (χ4n) is 3.93. The van der Waals surface area contributed by atoms with Crippen molar-refractivity contribution in [3.8, 4) is 5.75 Å². The van der Waals surface area contributed by atoms with Crippen LogP contribution in [0, 0.1) is 6.92 Å². The van der Waals surface area contributed by atoms with E-state index in [4.69, 9.17) is 4.74 Å². The minimum atomic E-state index is -3.27. The van der Waals surface area contributed by atoms with Crippen LogP contribution >= 0.6 is 0 Å². The van der Waals surface area contributed by atoms with Gasteiger partial charge in [-0.1, -0.05) is 6.07 Å². The molecule has 9 heteroatoms. The molecule has 0 radical (unpaired) electrons. The highest BCUT2D eigenvalue weighted by Gasteiger charge is 2.35. The van der Waals surface area contributed by atoms with Crippen LogP contribution in [-0.2, 0) is 30.2 Å². The lowest BCUT2D eigenvalue weighted by atomic mass is 10.1. The number of rotatable bonds is 5. The molecule has 1 atom stereocenters. The first-order chi connectivity index (χ1) is 14.1. The average molecular weight is 433 g/mol. The Hall–Kier alpha value is -2.39. The molecule has 162 valence electrons. The number of carbonyl (C=O) groups excluding carboxylic acids is 1. The van der Waals surface area contributed by atoms with E-state index in [0.717, 1.165) is 29.7 Å². The van der Waals surface area contributed by atoms with Gasteiger partial charge in [0, 0.05) is 31.4 Å². The van der Waals surface area contributed by atoms with E-state index in [2.05, 4.69) is 5.10 Å². The van der Waals surface area contributed by atoms with Gasteiger partial charge in [-0.25, -0.2) is 8.42 Å². The third kappa shape index (κ3) is 4.22. The van der Waals surface area contributed by atoms with Gasteiger partial charge in [-0.05, 0) is 44.4 Å². The van der Waals surface area contributed by atoms with Gasteiger partial charge >= 0.3 is 0 Å². The zero-order chi connectivity index (χ0) is 21.6. The Bertz CT molecular complexity index is 1070. The van der Waals surface area contributed by atoms with E-state index in [1.54, 1.807) is 27.1 Å². The second-order valence-electron chi connectivity index (χ2n) is 8.38. The number of ether oxygens (including phenoxy) is 1. The second kappa shape index (κ2) is 7.70. The van der Waals surface area contributed by atoms with Gasteiger partial charge in [0.05, 0.1) is 30.1 Å². The Balaban J connectivity index is 1.61. The number of fused-ring (bicyclic) bond motifs is 1. The summed E-state index contributed by atoms with van der Waals surface area (Å²) < 4.78 is 33.5. The van der Waals surface area contributed by atoms with Crippen molar-refractivity contribution in [1.82, 2.24) is 19.0 Å². The van der Waals surface area contributed by atoms with E-state index in [1.807, 2.05) is 32.0 Å². The summed E-state index contributed by atoms with van der Waals surface area (Å²) in [6.07, 6.45) is 4.82. The average Bonchev–Trinajstić information content (AvgIpc) is 3.46. The summed E-state index contributed by atoms with van der Waals surface area (Å²) in [6, 6.07) is 5.75. The molecule has 1 saturated carbocycles. The van der Waals surface area contributed by atoms with Crippen molar-refractivity contribution in [2.45, 2.75) is 51.9 Å². The van der Waals surface area contributed by atoms with Crippen LogP contribution in [0.2, 0.25) is 0 Å². The molecule has 1 fully saturated rings. The fourth-order valence-corrected chi connectivity index (χ4v) is 5.07. The molecule has 1 amide bonds. The molecule has 4 rings (SSSR count). The van der Waals surface area contributed by atoms with E-state index < -0.39 is 10.0 Å². The van der Waals surface area contributed by atoms with Crippen LogP contribution in [0.15, 0.2) is 24.4 Å². The zero-order valence-corrected chi connectivity index (χ0v) is 18.6. The molecule has 1 aromatic carbocycles. The summed E-state index contributed by atoms with van der Waals surface area (Å²) in [5.41, 5.74) is 3.06. The number of nitrogens with zero attached hydrogens (tertiary/aromatic N) is 4. The molecule has 0 spiro atoms. The van der Waals surface area contributed by atoms with E-state index in [1.165, 1.54) is 6.26 Å². The first kappa shape index (κ1) is 20.9. The standard InChI is InChI=1S/C21H28N4O4S/c1-14-13-29-20-8-5-16(10-25(18-6-7-18)30(4,27)28)9-17(20)11-24(14)21(26)19-12-23(3)22-15(19)2/h5,8-9,12,14,18H,6-7,10-11,13H2,1-4H3/t14-/m0/s1. The lowest BCUT2D eigenvalue weighted by Crippen LogP contribution is -2.40. The van der Waals surface area contributed by atoms with Gasteiger partial charge in [0.1, 0.15) is 12.4 Å². The van der Waals surface area contributed by atoms with Crippen LogP contribution in [-0.4, -0.2) is 58.3 Å². The van der Waals surface area contributed by atoms with Gasteiger partial charge in [0.15, 0.2) is 0 Å². The summed E-state index contributed by atoms with van der Waals surface area (Å²) >= 11 is 0. The van der Waals surface area contributed by atoms with Crippen molar-refractivity contribution in [2.24, 2.45) is 7.05 Å². The lowest BCUT2D eigenvalue weighted by Gasteiger charge is -2.26. The summed E-state index contributed by atoms with van der Waals surface area (Å²) in [6.45, 7) is 4.93. The van der Waals surface area contributed by atoms with Gasteiger partial charge in [-0.3, -0.25) is 9.48 Å². The van der Waals surface area contributed by atoms with Crippen molar-refractivity contribution in [3.05, 3.63) is 46.8 Å². The van der Waals surface area contributed by atoms with Crippen LogP contribution in [0.3, 0.4) is 0 Å². The third-order valence-electron chi connectivity index (χ3n) is 5.70. The highest BCUT2D eigenvalue weighted by atomic mass is 32.2. The first-order valence-electron chi connectivity index (χ1n) is 10.2. The van der Waals surface area contributed by atoms with Gasteiger partial charge in [0.2, 0.25) is 10.0 Å². The number of benzene rings is 1. The molecule has 2 aliphatic rings. The topological polar surface area (TPSA) is 84.7 Å². The summed E-state index contributed by atoms with van der Waals surface area (Å²) in [5, 5.41) is 4.29. The molecule has 0 bridgehead atoms. The second-order valence-corrected chi connectivity index (χ2v) is 10.3. The molecule has 8 nitrogen and oxygen atoms in total. The molecular formula is C21H28N4O4S. The summed E-state index contributed by atoms with van der Waals surface area (Å²) in [4.78, 5) is 15.0. The van der Waals surface area contributed by atoms with Gasteiger partial charge < -0.3 is 9.64 Å². The van der Waals surface area contributed by atoms with Crippen LogP contribution < -0.4 is 4.74 Å². The van der Waals surface area contributed by atoms with Crippen molar-refractivity contribution >= 4 is 15.9 Å². The quantitative estimate of drug-likeness (QED) is 0.722. The molecule has 0 saturated heterocycles. The molecule has 1 aliphatic heterocycles. The number of aryl methyl sites for hydroxylation is 2. The number of sulfonamides is 1. The Morgan fingerprint density at radius 3 is 2.67 bits per heavy atom. The third-order valence-corrected chi connectivity index (χ3v) is 6.98. The van der Waals surface area contributed by atoms with Gasteiger partial charge in [-0.15, -0.1) is 0 Å². The Morgan fingerprint density at radius 1 is 1.33 bits per heavy atom. The van der Waals surface area contributed by atoms with Crippen LogP contribution in [0.25, 0.3) is 0 Å². The molecule has 0 unspecified atom stereocenters. The van der Waals surface area contributed by atoms with E-state index in [-0.39, 0.29) is 18.0 Å². The molecule has 1 aliphatic carbocycles. The van der Waals surface area contributed by atoms with Crippen molar-refractivity contribution in [3.63, 3.8) is 0 Å². The Kier molecular flexibility index (Phi) is 5.36. The van der Waals surface area contributed by atoms with E-state index >= 15 is 0 Å². The number of amides is 1. The Labute approximate surface area is 177 Å². The van der Waals surface area contributed by atoms with Gasteiger partial charge in [-0.2, -0.15) is 9.40 Å². The van der Waals surface area contributed by atoms with Crippen LogP contribution in [0.4, 0.5) is 0 Å². The SMILES string of the molecule is Cc1nn(C)cc1C(=O)N1Cc2cc(CN(C3CC3)S(C)(=O)=O)ccc2OC[C@@H]1C. The summed E-state index contributed by atoms with van der Waals surface area (Å²) in [5.74, 6) is 0.659. The fraction of sp³-hybridized carbons (Fsp3) is 0.524. The minimum absolute atomic E-state index is 0.0781. The smallest absolute Gasteiger partial charge is 0.257 e. The van der Waals surface area contributed by atoms with Gasteiger partial charge in [0.25, 0.3) is 5.91 Å². The highest BCUT2D eigenvalue weighted by Crippen LogP contribution is 2.32. The van der Waals surface area contributed by atoms with Crippen molar-refractivity contribution in [1.29, 1.82) is 0 Å². The summed E-state index contributed by atoms with van der Waals surface area (Å²) in [7, 11) is -1.47. The number of carbonyl (C=O) groups is 1. The first-order valence-corrected chi connectivity index (χ1v) is 12.0. The van der Waals surface area contributed by atoms with Crippen molar-refractivity contribution < 1.29 is 17.9 Å². The van der Waals surface area contributed by atoms with Crippen molar-refractivity contribution in [2.75, 3.05) is 12.9 Å². The highest BCUT2D eigenvalue weighted by molar-refractivity contribution is 7.88. The maximum absolute atomic E-state index is 13.2. The maximum Gasteiger partial charge on any atom is 0.257 e. The maximum atomic E-state index is 13.2. The predicted molar refractivity (Wildman–Crippen MR) is 113 cm³/mol. The van der Waals surface area contributed by atoms with E-state index in [0.29, 0.717) is 31.0 Å². The number of hydrogen-bond acceptors (Lipinski definition) is 5. The zero-order valence-electron chi connectivity index (χ0n) is 17.8. The molecule has 2 heterocycles. The van der Waals surface area contributed by atoms with Crippen LogP contribution in [0.5, 0.6) is 5.75 Å². The normalized spacial score (nSPS) is 19.4. The Morgan fingerprint density at radius 2 is 2.07 bits per heavy atom. The number of aromatic nitrogens is 2. The van der Waals surface area contributed by atoms with E-state index in [9.17, 15) is 13.2 Å².